The highest BCUT2D eigenvalue weighted by molar-refractivity contribution is 4.77. The maximum absolute atomic E-state index is 9.26. The Labute approximate surface area is 71.4 Å². The van der Waals surface area contributed by atoms with Crippen LogP contribution in [0.3, 0.4) is 0 Å². The van der Waals surface area contributed by atoms with Crippen molar-refractivity contribution in [3.8, 4) is 0 Å². The lowest BCUT2D eigenvalue weighted by molar-refractivity contribution is -0.0669. The molecule has 4 unspecified atom stereocenters. The minimum Gasteiger partial charge on any atom is -0.394 e. The van der Waals surface area contributed by atoms with E-state index in [1.807, 2.05) is 0 Å². The Kier molecular flexibility index (Phi) is 5.36. The van der Waals surface area contributed by atoms with Crippen molar-refractivity contribution < 1.29 is 20.4 Å². The number of nitrogens with two attached hydrogens (primary N) is 1. The molecular weight excluding hydrogens is 162 g/mol. The van der Waals surface area contributed by atoms with Crippen LogP contribution in [-0.2, 0) is 0 Å². The quantitative estimate of drug-likeness (QED) is 0.325. The summed E-state index contributed by atoms with van der Waals surface area (Å²) in [4.78, 5) is 0. The van der Waals surface area contributed by atoms with E-state index in [1.165, 1.54) is 0 Å². The van der Waals surface area contributed by atoms with E-state index in [1.54, 1.807) is 6.92 Å². The van der Waals surface area contributed by atoms with Gasteiger partial charge in [0.2, 0.25) is 0 Å². The van der Waals surface area contributed by atoms with Gasteiger partial charge in [-0.1, -0.05) is 6.92 Å². The average molecular weight is 179 g/mol. The number of aliphatic hydroxyl groups excluding tert-OH is 4. The van der Waals surface area contributed by atoms with Crippen molar-refractivity contribution in [2.24, 2.45) is 11.7 Å². The number of hydrogen-bond donors (Lipinski definition) is 5. The fourth-order valence-corrected chi connectivity index (χ4v) is 0.901. The SMILES string of the molecule is CC(C(O)CN)C(O)C(O)CO. The minimum atomic E-state index is -1.22. The molecule has 12 heavy (non-hydrogen) atoms. The Bertz CT molecular complexity index is 108. The summed E-state index contributed by atoms with van der Waals surface area (Å²) in [6.45, 7) is 1.06. The highest BCUT2D eigenvalue weighted by Crippen LogP contribution is 2.11. The molecule has 4 atom stereocenters. The molecule has 0 radical (unpaired) electrons. The molecule has 0 aliphatic heterocycles. The first-order chi connectivity index (χ1) is 5.54. The minimum absolute atomic E-state index is 0.0242. The molecule has 0 aromatic heterocycles. The van der Waals surface area contributed by atoms with Gasteiger partial charge in [0.1, 0.15) is 6.10 Å². The highest BCUT2D eigenvalue weighted by Gasteiger charge is 2.26. The van der Waals surface area contributed by atoms with Gasteiger partial charge < -0.3 is 26.2 Å². The zero-order chi connectivity index (χ0) is 9.72. The Morgan fingerprint density at radius 1 is 1.17 bits per heavy atom. The second-order valence-electron chi connectivity index (χ2n) is 2.90. The summed E-state index contributed by atoms with van der Waals surface area (Å²) in [5.41, 5.74) is 5.15. The van der Waals surface area contributed by atoms with Gasteiger partial charge in [-0.3, -0.25) is 0 Å². The van der Waals surface area contributed by atoms with Crippen LogP contribution in [0.2, 0.25) is 0 Å². The van der Waals surface area contributed by atoms with Gasteiger partial charge in [-0.2, -0.15) is 0 Å². The molecule has 0 bridgehead atoms. The highest BCUT2D eigenvalue weighted by atomic mass is 16.4. The summed E-state index contributed by atoms with van der Waals surface area (Å²) >= 11 is 0. The molecule has 0 aromatic carbocycles. The molecule has 0 heterocycles. The number of rotatable bonds is 5. The summed E-state index contributed by atoms with van der Waals surface area (Å²) in [7, 11) is 0. The van der Waals surface area contributed by atoms with E-state index in [9.17, 15) is 5.11 Å². The lowest BCUT2D eigenvalue weighted by Gasteiger charge is -2.25. The smallest absolute Gasteiger partial charge is 0.103 e. The largest absolute Gasteiger partial charge is 0.394 e. The van der Waals surface area contributed by atoms with Crippen LogP contribution in [0, 0.1) is 5.92 Å². The van der Waals surface area contributed by atoms with Crippen molar-refractivity contribution in [3.05, 3.63) is 0 Å². The first kappa shape index (κ1) is 11.8. The van der Waals surface area contributed by atoms with Crippen molar-refractivity contribution in [2.75, 3.05) is 13.2 Å². The van der Waals surface area contributed by atoms with Crippen LogP contribution in [0.1, 0.15) is 6.92 Å². The summed E-state index contributed by atoms with van der Waals surface area (Å²) in [6, 6.07) is 0. The Balaban J connectivity index is 3.99. The van der Waals surface area contributed by atoms with Gasteiger partial charge >= 0.3 is 0 Å². The molecule has 0 spiro atoms. The molecule has 0 rings (SSSR count). The second-order valence-corrected chi connectivity index (χ2v) is 2.90. The maximum Gasteiger partial charge on any atom is 0.103 e. The predicted octanol–water partition coefficient (Wildman–Crippen LogP) is -2.34. The van der Waals surface area contributed by atoms with Gasteiger partial charge in [-0.15, -0.1) is 0 Å². The van der Waals surface area contributed by atoms with Gasteiger partial charge in [-0.05, 0) is 0 Å². The van der Waals surface area contributed by atoms with Crippen LogP contribution in [0.4, 0.5) is 0 Å². The van der Waals surface area contributed by atoms with Crippen LogP contribution in [0.5, 0.6) is 0 Å². The first-order valence-electron chi connectivity index (χ1n) is 3.89. The molecule has 5 nitrogen and oxygen atoms in total. The first-order valence-corrected chi connectivity index (χ1v) is 3.89. The van der Waals surface area contributed by atoms with Crippen molar-refractivity contribution in [1.82, 2.24) is 0 Å². The van der Waals surface area contributed by atoms with Crippen molar-refractivity contribution in [3.63, 3.8) is 0 Å². The van der Waals surface area contributed by atoms with E-state index in [2.05, 4.69) is 0 Å². The third kappa shape index (κ3) is 3.04. The average Bonchev–Trinajstić information content (AvgIpc) is 2.12. The maximum atomic E-state index is 9.26. The van der Waals surface area contributed by atoms with Gasteiger partial charge in [0.05, 0.1) is 18.8 Å². The Morgan fingerprint density at radius 3 is 2.00 bits per heavy atom. The fourth-order valence-electron chi connectivity index (χ4n) is 0.901. The molecular formula is C7H17NO4. The molecule has 0 fully saturated rings. The molecule has 0 amide bonds. The van der Waals surface area contributed by atoms with E-state index in [0.29, 0.717) is 0 Å². The summed E-state index contributed by atoms with van der Waals surface area (Å²) < 4.78 is 0. The standard InChI is InChI=1S/C7H17NO4/c1-4(5(10)2-8)7(12)6(11)3-9/h4-7,9-12H,2-3,8H2,1H3. The fraction of sp³-hybridized carbons (Fsp3) is 1.00. The third-order valence-corrected chi connectivity index (χ3v) is 1.97. The van der Waals surface area contributed by atoms with Crippen molar-refractivity contribution in [2.45, 2.75) is 25.2 Å². The van der Waals surface area contributed by atoms with Crippen LogP contribution < -0.4 is 5.73 Å². The van der Waals surface area contributed by atoms with Gasteiger partial charge in [0, 0.05) is 12.5 Å². The lowest BCUT2D eigenvalue weighted by atomic mass is 9.94. The predicted molar refractivity (Wildman–Crippen MR) is 43.3 cm³/mol. The lowest BCUT2D eigenvalue weighted by Crippen LogP contribution is -2.42. The van der Waals surface area contributed by atoms with Gasteiger partial charge in [0.15, 0.2) is 0 Å². The molecule has 74 valence electrons. The number of hydrogen-bond acceptors (Lipinski definition) is 5. The molecule has 0 aromatic rings. The van der Waals surface area contributed by atoms with Crippen molar-refractivity contribution >= 4 is 0 Å². The van der Waals surface area contributed by atoms with Crippen LogP contribution in [-0.4, -0.2) is 51.9 Å². The van der Waals surface area contributed by atoms with E-state index >= 15 is 0 Å². The van der Waals surface area contributed by atoms with Gasteiger partial charge in [0.25, 0.3) is 0 Å². The zero-order valence-electron chi connectivity index (χ0n) is 7.09. The second kappa shape index (κ2) is 5.45. The number of aliphatic hydroxyl groups is 4. The van der Waals surface area contributed by atoms with E-state index in [4.69, 9.17) is 21.1 Å². The third-order valence-electron chi connectivity index (χ3n) is 1.97. The molecule has 5 heteroatoms. The van der Waals surface area contributed by atoms with E-state index in [-0.39, 0.29) is 6.54 Å². The van der Waals surface area contributed by atoms with E-state index in [0.717, 1.165) is 0 Å². The topological polar surface area (TPSA) is 107 Å². The van der Waals surface area contributed by atoms with Crippen molar-refractivity contribution in [1.29, 1.82) is 0 Å². The van der Waals surface area contributed by atoms with Crippen LogP contribution in [0.25, 0.3) is 0 Å². The van der Waals surface area contributed by atoms with Crippen LogP contribution >= 0.6 is 0 Å². The summed E-state index contributed by atoms with van der Waals surface area (Å²) in [5, 5.41) is 35.9. The summed E-state index contributed by atoms with van der Waals surface area (Å²) in [5.74, 6) is -0.544. The molecule has 6 N–H and O–H groups in total. The molecule has 0 aliphatic carbocycles. The summed E-state index contributed by atoms with van der Waals surface area (Å²) in [6.07, 6.45) is -3.23. The zero-order valence-corrected chi connectivity index (χ0v) is 7.09. The molecule has 0 aliphatic rings. The normalized spacial score (nSPS) is 21.5. The van der Waals surface area contributed by atoms with Crippen LogP contribution in [0.15, 0.2) is 0 Å². The molecule has 0 saturated heterocycles. The monoisotopic (exact) mass is 179 g/mol. The van der Waals surface area contributed by atoms with E-state index < -0.39 is 30.8 Å². The van der Waals surface area contributed by atoms with Gasteiger partial charge in [-0.25, -0.2) is 0 Å². The Morgan fingerprint density at radius 2 is 1.67 bits per heavy atom. The molecule has 0 saturated carbocycles. The Hall–Kier alpha value is -0.200.